The molecular weight excluding hydrogens is 372 g/mol. The second-order valence-corrected chi connectivity index (χ2v) is 7.05. The lowest BCUT2D eigenvalue weighted by Crippen LogP contribution is -2.30. The highest BCUT2D eigenvalue weighted by Crippen LogP contribution is 2.42. The average molecular weight is 392 g/mol. The zero-order valence-electron chi connectivity index (χ0n) is 15.8. The molecule has 9 heteroatoms. The molecule has 0 aromatic carbocycles. The minimum absolute atomic E-state index is 0.0202. The number of anilines is 1. The van der Waals surface area contributed by atoms with Crippen LogP contribution in [0.5, 0.6) is 0 Å². The van der Waals surface area contributed by atoms with Crippen LogP contribution >= 0.6 is 0 Å². The predicted octanol–water partition coefficient (Wildman–Crippen LogP) is 1.16. The van der Waals surface area contributed by atoms with Crippen molar-refractivity contribution >= 4 is 23.3 Å². The van der Waals surface area contributed by atoms with Crippen LogP contribution in [-0.4, -0.2) is 44.9 Å². The number of carbonyl (C=O) groups is 2. The van der Waals surface area contributed by atoms with Crippen molar-refractivity contribution in [3.63, 3.8) is 0 Å². The fourth-order valence-corrected chi connectivity index (χ4v) is 3.21. The van der Waals surface area contributed by atoms with Gasteiger partial charge in [-0.2, -0.15) is 0 Å². The SMILES string of the molecule is CN1C(=O)CN(c2cc(C3CC3)cn3cc(C#CC(/C=C(\N)O)=C/N)nc23)C1=O. The maximum Gasteiger partial charge on any atom is 0.331 e. The molecule has 1 aliphatic carbocycles. The van der Waals surface area contributed by atoms with Gasteiger partial charge < -0.3 is 21.0 Å². The second-order valence-electron chi connectivity index (χ2n) is 7.05. The van der Waals surface area contributed by atoms with E-state index in [2.05, 4.69) is 16.8 Å². The molecule has 3 amide bonds. The van der Waals surface area contributed by atoms with E-state index in [1.807, 2.05) is 16.7 Å². The van der Waals surface area contributed by atoms with E-state index in [0.29, 0.717) is 28.5 Å². The number of hydrogen-bond acceptors (Lipinski definition) is 6. The maximum atomic E-state index is 12.5. The van der Waals surface area contributed by atoms with Crippen LogP contribution in [0.1, 0.15) is 30.0 Å². The minimum atomic E-state index is -0.399. The number of urea groups is 1. The van der Waals surface area contributed by atoms with E-state index in [4.69, 9.17) is 16.6 Å². The number of imide groups is 1. The fourth-order valence-electron chi connectivity index (χ4n) is 3.21. The number of imidazole rings is 1. The van der Waals surface area contributed by atoms with E-state index in [1.165, 1.54) is 24.2 Å². The quantitative estimate of drug-likeness (QED) is 0.311. The minimum Gasteiger partial charge on any atom is -0.495 e. The summed E-state index contributed by atoms with van der Waals surface area (Å²) in [5.41, 5.74) is 13.7. The predicted molar refractivity (Wildman–Crippen MR) is 107 cm³/mol. The highest BCUT2D eigenvalue weighted by Gasteiger charge is 2.36. The van der Waals surface area contributed by atoms with Crippen molar-refractivity contribution in [2.75, 3.05) is 18.5 Å². The Labute approximate surface area is 166 Å². The van der Waals surface area contributed by atoms with Crippen LogP contribution in [0.25, 0.3) is 5.65 Å². The summed E-state index contributed by atoms with van der Waals surface area (Å²) in [5.74, 6) is 5.46. The lowest BCUT2D eigenvalue weighted by Gasteiger charge is -2.17. The summed E-state index contributed by atoms with van der Waals surface area (Å²) in [6.45, 7) is -0.0202. The maximum absolute atomic E-state index is 12.5. The normalized spacial score (nSPS) is 17.8. The lowest BCUT2D eigenvalue weighted by molar-refractivity contribution is -0.123. The van der Waals surface area contributed by atoms with E-state index < -0.39 is 5.88 Å². The van der Waals surface area contributed by atoms with Crippen LogP contribution in [0.4, 0.5) is 10.5 Å². The molecule has 148 valence electrons. The van der Waals surface area contributed by atoms with Crippen LogP contribution in [0.15, 0.2) is 42.2 Å². The Morgan fingerprint density at radius 1 is 1.34 bits per heavy atom. The third-order valence-corrected chi connectivity index (χ3v) is 4.90. The summed E-state index contributed by atoms with van der Waals surface area (Å²) in [7, 11) is 1.47. The lowest BCUT2D eigenvalue weighted by atomic mass is 10.1. The first-order chi connectivity index (χ1) is 13.9. The van der Waals surface area contributed by atoms with Gasteiger partial charge in [0.1, 0.15) is 12.2 Å². The number of rotatable bonds is 3. The van der Waals surface area contributed by atoms with Gasteiger partial charge in [-0.25, -0.2) is 9.78 Å². The Morgan fingerprint density at radius 2 is 2.10 bits per heavy atom. The molecule has 1 saturated carbocycles. The Kier molecular flexibility index (Phi) is 4.39. The molecule has 0 spiro atoms. The molecule has 0 unspecified atom stereocenters. The van der Waals surface area contributed by atoms with Crippen molar-refractivity contribution in [3.05, 3.63) is 53.4 Å². The molecule has 4 rings (SSSR count). The van der Waals surface area contributed by atoms with Gasteiger partial charge in [-0.05, 0) is 36.3 Å². The van der Waals surface area contributed by atoms with Gasteiger partial charge >= 0.3 is 6.03 Å². The number of nitrogens with zero attached hydrogens (tertiary/aromatic N) is 4. The number of carbonyl (C=O) groups excluding carboxylic acids is 2. The monoisotopic (exact) mass is 392 g/mol. The number of aliphatic hydroxyl groups excluding tert-OH is 1. The Balaban J connectivity index is 1.79. The van der Waals surface area contributed by atoms with Crippen molar-refractivity contribution in [2.24, 2.45) is 11.5 Å². The summed E-state index contributed by atoms with van der Waals surface area (Å²) in [5, 5.41) is 9.17. The number of nitrogens with two attached hydrogens (primary N) is 2. The van der Waals surface area contributed by atoms with Crippen LogP contribution in [0.2, 0.25) is 0 Å². The summed E-state index contributed by atoms with van der Waals surface area (Å²) in [6, 6.07) is 1.56. The molecule has 2 aromatic rings. The van der Waals surface area contributed by atoms with Crippen molar-refractivity contribution < 1.29 is 14.7 Å². The molecule has 2 aliphatic rings. The summed E-state index contributed by atoms with van der Waals surface area (Å²) < 4.78 is 1.82. The largest absolute Gasteiger partial charge is 0.495 e. The van der Waals surface area contributed by atoms with Gasteiger partial charge in [0.25, 0.3) is 0 Å². The standard InChI is InChI=1S/C20H20N6O3/c1-24-18(28)11-26(20(24)29)16-7-14(13-3-4-13)9-25-10-15(23-19(16)25)5-2-12(8-21)6-17(22)27/h6-10,13,27H,3-4,11,21-22H2,1H3/b12-8-,17-6+. The number of fused-ring (bicyclic) bond motifs is 1. The molecule has 2 aromatic heterocycles. The van der Waals surface area contributed by atoms with Crippen molar-refractivity contribution in [1.82, 2.24) is 14.3 Å². The molecular formula is C20H20N6O3. The molecule has 3 heterocycles. The Hall–Kier alpha value is -3.93. The van der Waals surface area contributed by atoms with E-state index >= 15 is 0 Å². The van der Waals surface area contributed by atoms with E-state index in [-0.39, 0.29) is 18.5 Å². The number of allylic oxidation sites excluding steroid dienone is 2. The van der Waals surface area contributed by atoms with Crippen LogP contribution in [0.3, 0.4) is 0 Å². The number of pyridine rings is 1. The average Bonchev–Trinajstić information content (AvgIpc) is 3.41. The van der Waals surface area contributed by atoms with Gasteiger partial charge in [0.2, 0.25) is 5.91 Å². The van der Waals surface area contributed by atoms with Gasteiger partial charge in [-0.1, -0.05) is 5.92 Å². The number of aliphatic hydroxyl groups is 1. The molecule has 29 heavy (non-hydrogen) atoms. The van der Waals surface area contributed by atoms with Crippen molar-refractivity contribution in [1.29, 1.82) is 0 Å². The molecule has 0 bridgehead atoms. The van der Waals surface area contributed by atoms with Crippen molar-refractivity contribution in [2.45, 2.75) is 18.8 Å². The first-order valence-electron chi connectivity index (χ1n) is 9.08. The summed E-state index contributed by atoms with van der Waals surface area (Å²) in [6.07, 6.45) is 8.39. The second kappa shape index (κ2) is 6.91. The topological polar surface area (TPSA) is 130 Å². The van der Waals surface area contributed by atoms with Crippen LogP contribution in [0, 0.1) is 11.8 Å². The van der Waals surface area contributed by atoms with Crippen LogP contribution in [-0.2, 0) is 4.79 Å². The summed E-state index contributed by atoms with van der Waals surface area (Å²) >= 11 is 0. The van der Waals surface area contributed by atoms with E-state index in [1.54, 1.807) is 6.20 Å². The highest BCUT2D eigenvalue weighted by molar-refractivity contribution is 6.13. The first-order valence-corrected chi connectivity index (χ1v) is 9.08. The molecule has 9 nitrogen and oxygen atoms in total. The Morgan fingerprint density at radius 3 is 2.69 bits per heavy atom. The molecule has 1 saturated heterocycles. The molecule has 2 fully saturated rings. The van der Waals surface area contributed by atoms with E-state index in [0.717, 1.165) is 23.3 Å². The molecule has 1 aliphatic heterocycles. The van der Waals surface area contributed by atoms with Gasteiger partial charge in [-0.15, -0.1) is 0 Å². The Bertz CT molecular complexity index is 1140. The number of amides is 3. The van der Waals surface area contributed by atoms with E-state index in [9.17, 15) is 9.59 Å². The summed E-state index contributed by atoms with van der Waals surface area (Å²) in [4.78, 5) is 31.6. The zero-order valence-corrected chi connectivity index (χ0v) is 15.8. The molecule has 5 N–H and O–H groups in total. The van der Waals surface area contributed by atoms with Crippen LogP contribution < -0.4 is 16.4 Å². The van der Waals surface area contributed by atoms with Crippen molar-refractivity contribution in [3.8, 4) is 11.8 Å². The fraction of sp³-hybridized carbons (Fsp3) is 0.250. The number of hydrogen-bond donors (Lipinski definition) is 3. The third kappa shape index (κ3) is 3.48. The van der Waals surface area contributed by atoms with Gasteiger partial charge in [0.05, 0.1) is 5.69 Å². The number of aromatic nitrogens is 2. The van der Waals surface area contributed by atoms with Gasteiger partial charge in [0, 0.05) is 37.3 Å². The highest BCUT2D eigenvalue weighted by atomic mass is 16.3. The molecule has 0 atom stereocenters. The smallest absolute Gasteiger partial charge is 0.331 e. The van der Waals surface area contributed by atoms with Gasteiger partial charge in [0.15, 0.2) is 11.5 Å². The molecule has 0 radical (unpaired) electrons. The van der Waals surface area contributed by atoms with Gasteiger partial charge in [-0.3, -0.25) is 14.6 Å². The first kappa shape index (κ1) is 18.4. The number of likely N-dealkylation sites (N-methyl/N-ethyl adjacent to an activating group) is 1. The third-order valence-electron chi connectivity index (χ3n) is 4.90. The zero-order chi connectivity index (χ0) is 20.7.